The summed E-state index contributed by atoms with van der Waals surface area (Å²) in [6.45, 7) is -0.834. The number of hydrogen-bond acceptors (Lipinski definition) is 2. The molecule has 2 nitrogen and oxygen atoms in total. The summed E-state index contributed by atoms with van der Waals surface area (Å²) in [5.41, 5.74) is 0. The number of piperazine rings is 1. The van der Waals surface area contributed by atoms with E-state index in [9.17, 15) is 12.9 Å². The first-order valence-electron chi connectivity index (χ1n) is 4.52. The maximum Gasteiger partial charge on any atom is 1.00 e. The van der Waals surface area contributed by atoms with E-state index in [0.29, 0.717) is 6.54 Å². The number of rotatable bonds is 2. The third-order valence-electron chi connectivity index (χ3n) is 2.41. The van der Waals surface area contributed by atoms with Crippen LogP contribution in [0, 0.1) is 0 Å². The van der Waals surface area contributed by atoms with E-state index in [4.69, 9.17) is 0 Å². The minimum absolute atomic E-state index is 0. The Bertz CT molecular complexity index is 179. The molecule has 0 saturated carbocycles. The summed E-state index contributed by atoms with van der Waals surface area (Å²) in [5.74, 6) is 0. The van der Waals surface area contributed by atoms with Crippen molar-refractivity contribution >= 4 is 6.98 Å². The Morgan fingerprint density at radius 2 is 1.86 bits per heavy atom. The number of likely N-dealkylation sites (N-methyl/N-ethyl adjacent to an activating group) is 1. The zero-order valence-corrected chi connectivity index (χ0v) is 12.1. The van der Waals surface area contributed by atoms with E-state index in [1.807, 2.05) is 14.0 Å². The van der Waals surface area contributed by atoms with Gasteiger partial charge in [0.25, 0.3) is 0 Å². The van der Waals surface area contributed by atoms with Crippen molar-refractivity contribution in [3.63, 3.8) is 0 Å². The molecule has 1 aliphatic heterocycles. The van der Waals surface area contributed by atoms with Crippen LogP contribution in [-0.4, -0.2) is 55.9 Å². The molecule has 1 atom stereocenters. The van der Waals surface area contributed by atoms with E-state index in [2.05, 4.69) is 4.90 Å². The van der Waals surface area contributed by atoms with Crippen molar-refractivity contribution in [3.05, 3.63) is 0 Å². The van der Waals surface area contributed by atoms with Crippen molar-refractivity contribution < 1.29 is 64.3 Å². The number of hydrogen-bond donors (Lipinski definition) is 0. The molecule has 1 heterocycles. The molecule has 0 aliphatic carbocycles. The molecule has 1 fully saturated rings. The van der Waals surface area contributed by atoms with E-state index in [0.717, 1.165) is 13.1 Å². The Balaban J connectivity index is 0.00000169. The van der Waals surface area contributed by atoms with Crippen molar-refractivity contribution in [1.82, 2.24) is 9.80 Å². The van der Waals surface area contributed by atoms with Crippen LogP contribution in [0.15, 0.2) is 0 Å². The molecule has 14 heavy (non-hydrogen) atoms. The van der Waals surface area contributed by atoms with Crippen molar-refractivity contribution in [2.45, 2.75) is 13.0 Å². The van der Waals surface area contributed by atoms with Gasteiger partial charge in [0.1, 0.15) is 0 Å². The van der Waals surface area contributed by atoms with E-state index in [-0.39, 0.29) is 57.4 Å². The molecule has 0 spiro atoms. The quantitative estimate of drug-likeness (QED) is 0.511. The Morgan fingerprint density at radius 1 is 1.29 bits per heavy atom. The Kier molecular flexibility index (Phi) is 6.85. The molecule has 1 saturated heterocycles. The average Bonchev–Trinajstić information content (AvgIpc) is 1.93. The summed E-state index contributed by atoms with van der Waals surface area (Å²) < 4.78 is 36.4. The van der Waals surface area contributed by atoms with Gasteiger partial charge in [-0.2, -0.15) is 0 Å². The van der Waals surface area contributed by atoms with Gasteiger partial charge >= 0.3 is 58.4 Å². The molecule has 78 valence electrons. The van der Waals surface area contributed by atoms with Crippen LogP contribution in [0.5, 0.6) is 0 Å². The molecule has 0 aromatic carbocycles. The van der Waals surface area contributed by atoms with Gasteiger partial charge in [-0.05, 0) is 20.4 Å². The van der Waals surface area contributed by atoms with Crippen molar-refractivity contribution in [2.75, 3.05) is 33.1 Å². The van der Waals surface area contributed by atoms with Gasteiger partial charge in [0, 0.05) is 25.7 Å². The van der Waals surface area contributed by atoms with Crippen molar-refractivity contribution in [1.29, 1.82) is 0 Å². The van der Waals surface area contributed by atoms with Gasteiger partial charge in [0.2, 0.25) is 0 Å². The van der Waals surface area contributed by atoms with Crippen LogP contribution in [0.4, 0.5) is 12.9 Å². The third-order valence-corrected chi connectivity index (χ3v) is 2.41. The second-order valence-electron chi connectivity index (χ2n) is 3.82. The normalized spacial score (nSPS) is 25.9. The smallest absolute Gasteiger partial charge is 0.448 e. The SMILES string of the molecule is CC1CN(C)CCN1C[B-](F)(F)F.[K+]. The van der Waals surface area contributed by atoms with Crippen molar-refractivity contribution in [3.8, 4) is 0 Å². The summed E-state index contributed by atoms with van der Waals surface area (Å²) in [6, 6.07) is 0.0160. The predicted octanol–water partition coefficient (Wildman–Crippen LogP) is -1.99. The monoisotopic (exact) mass is 234 g/mol. The van der Waals surface area contributed by atoms with E-state index in [1.54, 1.807) is 0 Å². The van der Waals surface area contributed by atoms with Crippen molar-refractivity contribution in [2.24, 2.45) is 0 Å². The first-order chi connectivity index (χ1) is 5.88. The topological polar surface area (TPSA) is 6.48 Å². The molecule has 0 N–H and O–H groups in total. The fourth-order valence-corrected chi connectivity index (χ4v) is 1.71. The van der Waals surface area contributed by atoms with E-state index in [1.165, 1.54) is 4.90 Å². The number of halogens is 3. The summed E-state index contributed by atoms with van der Waals surface area (Å²) in [4.78, 5) is 3.57. The maximum atomic E-state index is 12.1. The molecule has 1 unspecified atom stereocenters. The van der Waals surface area contributed by atoms with Gasteiger partial charge < -0.3 is 22.7 Å². The minimum atomic E-state index is -4.67. The summed E-state index contributed by atoms with van der Waals surface area (Å²) in [7, 11) is 1.94. The van der Waals surface area contributed by atoms with Crippen LogP contribution in [0.1, 0.15) is 6.92 Å². The zero-order valence-electron chi connectivity index (χ0n) is 9.01. The molecular formula is C7H15BF3KN2. The number of nitrogens with zero attached hydrogens (tertiary/aromatic N) is 2. The van der Waals surface area contributed by atoms with Gasteiger partial charge in [0.05, 0.1) is 0 Å². The van der Waals surface area contributed by atoms with Gasteiger partial charge in [-0.25, -0.2) is 0 Å². The third kappa shape index (κ3) is 5.48. The van der Waals surface area contributed by atoms with Crippen LogP contribution < -0.4 is 51.4 Å². The maximum absolute atomic E-state index is 12.1. The zero-order chi connectivity index (χ0) is 10.1. The largest absolute Gasteiger partial charge is 1.00 e. The fraction of sp³-hybridized carbons (Fsp3) is 1.00. The van der Waals surface area contributed by atoms with Crippen LogP contribution >= 0.6 is 0 Å². The van der Waals surface area contributed by atoms with Gasteiger partial charge in [-0.15, -0.1) is 0 Å². The van der Waals surface area contributed by atoms with E-state index >= 15 is 0 Å². The van der Waals surface area contributed by atoms with Gasteiger partial charge in [0.15, 0.2) is 0 Å². The molecule has 0 aromatic rings. The minimum Gasteiger partial charge on any atom is -0.448 e. The molecule has 7 heteroatoms. The molecular weight excluding hydrogens is 219 g/mol. The van der Waals surface area contributed by atoms with E-state index < -0.39 is 13.4 Å². The Hall–Kier alpha value is 1.41. The molecule has 0 radical (unpaired) electrons. The standard InChI is InChI=1S/C7H15BF3N2.K/c1-7-5-12(2)3-4-13(7)6-8(9,10)11;/h7H,3-6H2,1-2H3;/q-1;+1. The van der Waals surface area contributed by atoms with Gasteiger partial charge in [-0.1, -0.05) is 0 Å². The first kappa shape index (κ1) is 15.4. The first-order valence-corrected chi connectivity index (χ1v) is 4.52. The van der Waals surface area contributed by atoms with Crippen LogP contribution in [0.2, 0.25) is 0 Å². The molecule has 0 amide bonds. The van der Waals surface area contributed by atoms with Gasteiger partial charge in [-0.3, -0.25) is 0 Å². The summed E-state index contributed by atoms with van der Waals surface area (Å²) >= 11 is 0. The Labute approximate surface area is 126 Å². The Morgan fingerprint density at radius 3 is 2.29 bits per heavy atom. The predicted molar refractivity (Wildman–Crippen MR) is 47.6 cm³/mol. The van der Waals surface area contributed by atoms with Crippen LogP contribution in [0.25, 0.3) is 0 Å². The average molecular weight is 234 g/mol. The van der Waals surface area contributed by atoms with Crippen LogP contribution in [-0.2, 0) is 0 Å². The second kappa shape index (κ2) is 6.22. The molecule has 1 rings (SSSR count). The second-order valence-corrected chi connectivity index (χ2v) is 3.82. The molecule has 0 aromatic heterocycles. The summed E-state index contributed by atoms with van der Waals surface area (Å²) in [6.07, 6.45) is -0.713. The molecule has 1 aliphatic rings. The summed E-state index contributed by atoms with van der Waals surface area (Å²) in [5, 5.41) is 0. The fourth-order valence-electron chi connectivity index (χ4n) is 1.71. The van der Waals surface area contributed by atoms with Crippen LogP contribution in [0.3, 0.4) is 0 Å². The molecule has 0 bridgehead atoms.